The first-order valence-corrected chi connectivity index (χ1v) is 7.76. The van der Waals surface area contributed by atoms with Gasteiger partial charge in [0.2, 0.25) is 5.91 Å². The van der Waals surface area contributed by atoms with Gasteiger partial charge in [-0.25, -0.2) is 0 Å². The first kappa shape index (κ1) is 16.4. The maximum Gasteiger partial charge on any atom is 0.233 e. The standard InChI is InChI=1S/C16H21Cl2NO2/c1-9(2)11-7-12(10(3)6-13(11)21-5)19-14(20)15(4)8-16(15,17)18/h6-7,9H,8H2,1-5H3,(H,19,20)/t15-/m1/s1. The number of rotatable bonds is 4. The number of hydrogen-bond acceptors (Lipinski definition) is 2. The van der Waals surface area contributed by atoms with Gasteiger partial charge < -0.3 is 10.1 Å². The summed E-state index contributed by atoms with van der Waals surface area (Å²) in [6.45, 7) is 7.89. The summed E-state index contributed by atoms with van der Waals surface area (Å²) in [5, 5.41) is 2.95. The zero-order valence-corrected chi connectivity index (χ0v) is 14.5. The first-order chi connectivity index (χ1) is 9.62. The Hall–Kier alpha value is -0.930. The highest BCUT2D eigenvalue weighted by Gasteiger charge is 2.67. The Morgan fingerprint density at radius 3 is 2.38 bits per heavy atom. The van der Waals surface area contributed by atoms with Crippen LogP contribution in [0.3, 0.4) is 0 Å². The molecular formula is C16H21Cl2NO2. The molecule has 2 rings (SSSR count). The van der Waals surface area contributed by atoms with Crippen LogP contribution in [0.15, 0.2) is 12.1 Å². The van der Waals surface area contributed by atoms with Gasteiger partial charge in [-0.1, -0.05) is 13.8 Å². The van der Waals surface area contributed by atoms with Crippen molar-refractivity contribution in [3.8, 4) is 5.75 Å². The van der Waals surface area contributed by atoms with Crippen molar-refractivity contribution in [2.45, 2.75) is 44.4 Å². The van der Waals surface area contributed by atoms with E-state index in [1.54, 1.807) is 14.0 Å². The molecule has 1 aliphatic carbocycles. The molecule has 0 unspecified atom stereocenters. The molecule has 5 heteroatoms. The van der Waals surface area contributed by atoms with E-state index in [9.17, 15) is 4.79 Å². The van der Waals surface area contributed by atoms with E-state index in [0.29, 0.717) is 12.3 Å². The van der Waals surface area contributed by atoms with E-state index in [0.717, 1.165) is 22.6 Å². The molecule has 1 aromatic carbocycles. The molecule has 1 aromatic rings. The van der Waals surface area contributed by atoms with Crippen molar-refractivity contribution in [2.24, 2.45) is 5.41 Å². The van der Waals surface area contributed by atoms with Gasteiger partial charge >= 0.3 is 0 Å². The zero-order valence-electron chi connectivity index (χ0n) is 13.0. The van der Waals surface area contributed by atoms with Gasteiger partial charge in [-0.2, -0.15) is 0 Å². The summed E-state index contributed by atoms with van der Waals surface area (Å²) in [5.41, 5.74) is 2.06. The summed E-state index contributed by atoms with van der Waals surface area (Å²) >= 11 is 12.1. The lowest BCUT2D eigenvalue weighted by atomic mass is 9.98. The van der Waals surface area contributed by atoms with Gasteiger partial charge in [0, 0.05) is 5.69 Å². The molecule has 0 bridgehead atoms. The van der Waals surface area contributed by atoms with Crippen LogP contribution in [-0.4, -0.2) is 17.4 Å². The second-order valence-corrected chi connectivity index (χ2v) is 7.72. The molecule has 1 fully saturated rings. The average molecular weight is 330 g/mol. The van der Waals surface area contributed by atoms with Crippen LogP contribution in [0, 0.1) is 12.3 Å². The van der Waals surface area contributed by atoms with Crippen molar-refractivity contribution >= 4 is 34.8 Å². The Balaban J connectivity index is 2.29. The van der Waals surface area contributed by atoms with Gasteiger partial charge in [0.1, 0.15) is 10.1 Å². The third-order valence-electron chi connectivity index (χ3n) is 4.21. The molecule has 1 atom stereocenters. The minimum atomic E-state index is -0.960. The molecule has 116 valence electrons. The average Bonchev–Trinajstić information content (AvgIpc) is 2.91. The van der Waals surface area contributed by atoms with Gasteiger partial charge in [0.25, 0.3) is 0 Å². The molecule has 0 saturated heterocycles. The number of amides is 1. The van der Waals surface area contributed by atoms with Crippen molar-refractivity contribution in [3.05, 3.63) is 23.3 Å². The van der Waals surface area contributed by atoms with Crippen LogP contribution in [0.4, 0.5) is 5.69 Å². The smallest absolute Gasteiger partial charge is 0.233 e. The third-order valence-corrected chi connectivity index (χ3v) is 5.31. The molecule has 1 saturated carbocycles. The fourth-order valence-corrected chi connectivity index (χ4v) is 3.07. The second kappa shape index (κ2) is 5.36. The number of ether oxygens (including phenoxy) is 1. The summed E-state index contributed by atoms with van der Waals surface area (Å²) in [6, 6.07) is 3.90. The number of nitrogens with one attached hydrogen (secondary N) is 1. The second-order valence-electron chi connectivity index (χ2n) is 6.23. The maximum absolute atomic E-state index is 12.4. The summed E-state index contributed by atoms with van der Waals surface area (Å²) in [4.78, 5) is 12.4. The van der Waals surface area contributed by atoms with E-state index in [4.69, 9.17) is 27.9 Å². The largest absolute Gasteiger partial charge is 0.496 e. The Morgan fingerprint density at radius 1 is 1.38 bits per heavy atom. The normalized spacial score (nSPS) is 23.0. The van der Waals surface area contributed by atoms with Crippen LogP contribution in [0.1, 0.15) is 44.2 Å². The van der Waals surface area contributed by atoms with Crippen molar-refractivity contribution in [2.75, 3.05) is 12.4 Å². The third kappa shape index (κ3) is 2.86. The number of alkyl halides is 2. The monoisotopic (exact) mass is 329 g/mol. The quantitative estimate of drug-likeness (QED) is 0.816. The highest BCUT2D eigenvalue weighted by atomic mass is 35.5. The van der Waals surface area contributed by atoms with Crippen LogP contribution >= 0.6 is 23.2 Å². The number of benzene rings is 1. The Bertz CT molecular complexity index is 584. The van der Waals surface area contributed by atoms with Crippen molar-refractivity contribution in [1.29, 1.82) is 0 Å². The predicted octanol–water partition coefficient (Wildman–Crippen LogP) is 4.65. The maximum atomic E-state index is 12.4. The SMILES string of the molecule is COc1cc(C)c(NC(=O)[C@@]2(C)CC2(Cl)Cl)cc1C(C)C. The molecule has 0 spiro atoms. The molecule has 0 aliphatic heterocycles. The van der Waals surface area contributed by atoms with Crippen LogP contribution in [0.2, 0.25) is 0 Å². The molecule has 1 N–H and O–H groups in total. The fourth-order valence-electron chi connectivity index (χ4n) is 2.37. The number of anilines is 1. The summed E-state index contributed by atoms with van der Waals surface area (Å²) < 4.78 is 4.45. The highest BCUT2D eigenvalue weighted by molar-refractivity contribution is 6.53. The number of carbonyl (C=O) groups excluding carboxylic acids is 1. The lowest BCUT2D eigenvalue weighted by Gasteiger charge is -2.18. The lowest BCUT2D eigenvalue weighted by Crippen LogP contribution is -2.26. The van der Waals surface area contributed by atoms with Gasteiger partial charge in [-0.15, -0.1) is 23.2 Å². The molecule has 0 radical (unpaired) electrons. The summed E-state index contributed by atoms with van der Waals surface area (Å²) in [7, 11) is 1.65. The van der Waals surface area contributed by atoms with Crippen LogP contribution in [0.25, 0.3) is 0 Å². The number of carbonyl (C=O) groups is 1. The van der Waals surface area contributed by atoms with Gasteiger partial charge in [0.05, 0.1) is 12.5 Å². The van der Waals surface area contributed by atoms with E-state index in [-0.39, 0.29) is 5.91 Å². The lowest BCUT2D eigenvalue weighted by molar-refractivity contribution is -0.120. The molecule has 1 amide bonds. The van der Waals surface area contributed by atoms with Gasteiger partial charge in [0.15, 0.2) is 0 Å². The Kier molecular flexibility index (Phi) is 4.20. The van der Waals surface area contributed by atoms with E-state index < -0.39 is 9.75 Å². The summed E-state index contributed by atoms with van der Waals surface area (Å²) in [5.74, 6) is 0.991. The predicted molar refractivity (Wildman–Crippen MR) is 87.6 cm³/mol. The molecule has 1 aliphatic rings. The Labute approximate surface area is 136 Å². The molecule has 3 nitrogen and oxygen atoms in total. The molecule has 0 heterocycles. The number of hydrogen-bond donors (Lipinski definition) is 1. The van der Waals surface area contributed by atoms with Crippen LogP contribution in [0.5, 0.6) is 5.75 Å². The number of halogens is 2. The van der Waals surface area contributed by atoms with Crippen LogP contribution in [-0.2, 0) is 4.79 Å². The topological polar surface area (TPSA) is 38.3 Å². The number of aryl methyl sites for hydroxylation is 1. The van der Waals surface area contributed by atoms with E-state index in [1.807, 2.05) is 19.1 Å². The van der Waals surface area contributed by atoms with Crippen molar-refractivity contribution < 1.29 is 9.53 Å². The highest BCUT2D eigenvalue weighted by Crippen LogP contribution is 2.64. The van der Waals surface area contributed by atoms with E-state index >= 15 is 0 Å². The van der Waals surface area contributed by atoms with Gasteiger partial charge in [-0.05, 0) is 49.4 Å². The first-order valence-electron chi connectivity index (χ1n) is 7.00. The minimum Gasteiger partial charge on any atom is -0.496 e. The molecular weight excluding hydrogens is 309 g/mol. The van der Waals surface area contributed by atoms with Crippen LogP contribution < -0.4 is 10.1 Å². The fraction of sp³-hybridized carbons (Fsp3) is 0.562. The summed E-state index contributed by atoms with van der Waals surface area (Å²) in [6.07, 6.45) is 0.473. The zero-order chi connectivity index (χ0) is 16.0. The van der Waals surface area contributed by atoms with E-state index in [1.165, 1.54) is 0 Å². The Morgan fingerprint density at radius 2 is 1.95 bits per heavy atom. The molecule has 0 aromatic heterocycles. The minimum absolute atomic E-state index is 0.143. The van der Waals surface area contributed by atoms with Crippen molar-refractivity contribution in [1.82, 2.24) is 0 Å². The number of methoxy groups -OCH3 is 1. The van der Waals surface area contributed by atoms with Crippen molar-refractivity contribution in [3.63, 3.8) is 0 Å². The van der Waals surface area contributed by atoms with Gasteiger partial charge in [-0.3, -0.25) is 4.79 Å². The van der Waals surface area contributed by atoms with E-state index in [2.05, 4.69) is 19.2 Å². The molecule has 21 heavy (non-hydrogen) atoms.